The lowest BCUT2D eigenvalue weighted by Gasteiger charge is -2.38. The fourth-order valence-electron chi connectivity index (χ4n) is 4.21. The molecule has 33 heavy (non-hydrogen) atoms. The Hall–Kier alpha value is -2.45. The molecule has 1 aliphatic rings. The number of aliphatic hydroxyl groups is 1. The summed E-state index contributed by atoms with van der Waals surface area (Å²) in [5.41, 5.74) is -0.823. The van der Waals surface area contributed by atoms with E-state index in [1.54, 1.807) is 0 Å². The van der Waals surface area contributed by atoms with Gasteiger partial charge in [-0.3, -0.25) is 4.79 Å². The summed E-state index contributed by atoms with van der Waals surface area (Å²) in [6.45, 7) is 5.51. The van der Waals surface area contributed by atoms with E-state index in [1.165, 1.54) is 30.3 Å². The van der Waals surface area contributed by atoms with Crippen LogP contribution in [0, 0.1) is 5.82 Å². The van der Waals surface area contributed by atoms with Gasteiger partial charge in [-0.25, -0.2) is 4.39 Å². The van der Waals surface area contributed by atoms with Crippen molar-refractivity contribution < 1.29 is 27.5 Å². The minimum atomic E-state index is -4.45. The third-order valence-electron chi connectivity index (χ3n) is 6.01. The van der Waals surface area contributed by atoms with E-state index in [0.29, 0.717) is 56.6 Å². The normalized spacial score (nSPS) is 16.7. The number of hydrogen-bond donors (Lipinski definition) is 2. The van der Waals surface area contributed by atoms with E-state index >= 15 is 0 Å². The Bertz CT molecular complexity index is 967. The molecule has 2 aromatic rings. The maximum Gasteiger partial charge on any atom is 0.416 e. The second kappa shape index (κ2) is 10.2. The fourth-order valence-corrected chi connectivity index (χ4v) is 4.21. The van der Waals surface area contributed by atoms with Gasteiger partial charge in [-0.2, -0.15) is 13.2 Å². The van der Waals surface area contributed by atoms with Crippen molar-refractivity contribution in [2.45, 2.75) is 57.3 Å². The summed E-state index contributed by atoms with van der Waals surface area (Å²) in [5.74, 6) is -0.480. The van der Waals surface area contributed by atoms with E-state index in [0.717, 1.165) is 12.1 Å². The highest BCUT2D eigenvalue weighted by atomic mass is 19.4. The molecule has 2 aromatic carbocycles. The number of alkyl halides is 3. The largest absolute Gasteiger partial charge is 0.416 e. The molecule has 0 radical (unpaired) electrons. The number of hydrogen-bond acceptors (Lipinski definition) is 4. The lowest BCUT2D eigenvalue weighted by atomic mass is 9.83. The van der Waals surface area contributed by atoms with Crippen molar-refractivity contribution in [2.75, 3.05) is 25.0 Å². The highest BCUT2D eigenvalue weighted by molar-refractivity contribution is 6.01. The molecule has 4 nitrogen and oxygen atoms in total. The van der Waals surface area contributed by atoms with E-state index in [1.807, 2.05) is 13.8 Å². The van der Waals surface area contributed by atoms with E-state index in [2.05, 4.69) is 10.2 Å². The molecule has 2 N–H and O–H groups in total. The van der Waals surface area contributed by atoms with E-state index in [-0.39, 0.29) is 17.4 Å². The lowest BCUT2D eigenvalue weighted by Crippen LogP contribution is -2.43. The first kappa shape index (κ1) is 25.2. The molecule has 3 rings (SSSR count). The molecule has 1 saturated heterocycles. The van der Waals surface area contributed by atoms with Gasteiger partial charge in [0.05, 0.1) is 11.2 Å². The minimum Gasteiger partial charge on any atom is -0.385 e. The number of benzene rings is 2. The lowest BCUT2D eigenvalue weighted by molar-refractivity contribution is -0.137. The van der Waals surface area contributed by atoms with Crippen LogP contribution in [-0.4, -0.2) is 41.5 Å². The Balaban J connectivity index is 1.53. The van der Waals surface area contributed by atoms with Crippen molar-refractivity contribution in [1.82, 2.24) is 4.90 Å². The highest BCUT2D eigenvalue weighted by Gasteiger charge is 2.37. The van der Waals surface area contributed by atoms with Gasteiger partial charge >= 0.3 is 6.18 Å². The molecule has 0 spiro atoms. The summed E-state index contributed by atoms with van der Waals surface area (Å²) in [5, 5.41) is 14.1. The molecule has 0 aliphatic carbocycles. The maximum absolute atomic E-state index is 13.6. The Labute approximate surface area is 191 Å². The summed E-state index contributed by atoms with van der Waals surface area (Å²) in [6, 6.07) is 9.05. The van der Waals surface area contributed by atoms with Gasteiger partial charge in [0.2, 0.25) is 0 Å². The van der Waals surface area contributed by atoms with Crippen molar-refractivity contribution in [2.24, 2.45) is 0 Å². The van der Waals surface area contributed by atoms with Gasteiger partial charge in [0.15, 0.2) is 5.78 Å². The average Bonchev–Trinajstić information content (AvgIpc) is 2.74. The quantitative estimate of drug-likeness (QED) is 0.392. The molecule has 0 amide bonds. The first-order valence-corrected chi connectivity index (χ1v) is 11.2. The van der Waals surface area contributed by atoms with E-state index in [4.69, 9.17) is 0 Å². The van der Waals surface area contributed by atoms with Crippen LogP contribution >= 0.6 is 0 Å². The molecule has 1 heterocycles. The molecule has 180 valence electrons. The van der Waals surface area contributed by atoms with Crippen molar-refractivity contribution in [3.8, 4) is 0 Å². The number of carbonyl (C=O) groups is 1. The van der Waals surface area contributed by atoms with Gasteiger partial charge in [-0.05, 0) is 75.5 Å². The van der Waals surface area contributed by atoms with Crippen LogP contribution in [0.15, 0.2) is 42.5 Å². The number of ketones is 1. The Morgan fingerprint density at radius 2 is 1.85 bits per heavy atom. The van der Waals surface area contributed by atoms with Gasteiger partial charge < -0.3 is 15.3 Å². The zero-order chi connectivity index (χ0) is 24.2. The van der Waals surface area contributed by atoms with E-state index in [9.17, 15) is 27.5 Å². The monoisotopic (exact) mass is 466 g/mol. The van der Waals surface area contributed by atoms with Crippen molar-refractivity contribution >= 4 is 11.5 Å². The molecule has 1 aliphatic heterocycles. The number of nitrogens with zero attached hydrogens (tertiary/aromatic N) is 1. The van der Waals surface area contributed by atoms with Crippen molar-refractivity contribution in [3.63, 3.8) is 0 Å². The van der Waals surface area contributed by atoms with Crippen LogP contribution in [0.25, 0.3) is 0 Å². The number of Topliss-reactive ketones (excluding diaryl/α,β-unsaturated/α-hetero) is 1. The average molecular weight is 467 g/mol. The number of anilines is 1. The predicted molar refractivity (Wildman–Crippen MR) is 120 cm³/mol. The number of nitrogens with one attached hydrogen (secondary N) is 1. The van der Waals surface area contributed by atoms with Crippen molar-refractivity contribution in [3.05, 3.63) is 65.0 Å². The van der Waals surface area contributed by atoms with E-state index < -0.39 is 23.2 Å². The Morgan fingerprint density at radius 1 is 1.15 bits per heavy atom. The van der Waals surface area contributed by atoms with Gasteiger partial charge in [0.25, 0.3) is 0 Å². The van der Waals surface area contributed by atoms with Gasteiger partial charge in [-0.1, -0.05) is 12.1 Å². The first-order chi connectivity index (χ1) is 15.5. The SMILES string of the molecule is CC(C)Nc1cc(F)ccc1C(=O)CCCN1CCC(O)(c2cccc(C(F)(F)F)c2)CC1. The van der Waals surface area contributed by atoms with Crippen LogP contribution in [0.2, 0.25) is 0 Å². The third-order valence-corrected chi connectivity index (χ3v) is 6.01. The molecule has 0 bridgehead atoms. The topological polar surface area (TPSA) is 52.6 Å². The Kier molecular flexibility index (Phi) is 7.80. The number of carbonyl (C=O) groups excluding carboxylic acids is 1. The van der Waals surface area contributed by atoms with Crippen LogP contribution < -0.4 is 5.32 Å². The zero-order valence-electron chi connectivity index (χ0n) is 18.9. The first-order valence-electron chi connectivity index (χ1n) is 11.2. The molecular weight excluding hydrogens is 436 g/mol. The molecule has 1 fully saturated rings. The number of rotatable bonds is 8. The maximum atomic E-state index is 13.6. The second-order valence-corrected chi connectivity index (χ2v) is 8.97. The predicted octanol–water partition coefficient (Wildman–Crippen LogP) is 5.61. The van der Waals surface area contributed by atoms with Crippen LogP contribution in [0.1, 0.15) is 61.0 Å². The summed E-state index contributed by atoms with van der Waals surface area (Å²) in [7, 11) is 0. The summed E-state index contributed by atoms with van der Waals surface area (Å²) < 4.78 is 52.6. The second-order valence-electron chi connectivity index (χ2n) is 8.97. The summed E-state index contributed by atoms with van der Waals surface area (Å²) >= 11 is 0. The summed E-state index contributed by atoms with van der Waals surface area (Å²) in [4.78, 5) is 14.8. The standard InChI is InChI=1S/C25H30F4N2O2/c1-17(2)30-22-16-20(26)8-9-21(22)23(32)7-4-12-31-13-10-24(33,11-14-31)18-5-3-6-19(15-18)25(27,28)29/h3,5-6,8-9,15-17,30,33H,4,7,10-14H2,1-2H3. The minimum absolute atomic E-state index is 0.0577. The van der Waals surface area contributed by atoms with Gasteiger partial charge in [-0.15, -0.1) is 0 Å². The highest BCUT2D eigenvalue weighted by Crippen LogP contribution is 2.36. The van der Waals surface area contributed by atoms with Crippen LogP contribution in [0.5, 0.6) is 0 Å². The molecule has 0 unspecified atom stereocenters. The molecule has 8 heteroatoms. The van der Waals surface area contributed by atoms with Crippen molar-refractivity contribution in [1.29, 1.82) is 0 Å². The number of likely N-dealkylation sites (tertiary alicyclic amines) is 1. The molecule has 0 atom stereocenters. The van der Waals surface area contributed by atoms with Gasteiger partial charge in [0, 0.05) is 36.8 Å². The molecular formula is C25H30F4N2O2. The Morgan fingerprint density at radius 3 is 2.48 bits per heavy atom. The molecule has 0 saturated carbocycles. The zero-order valence-corrected chi connectivity index (χ0v) is 18.9. The van der Waals surface area contributed by atoms with Crippen LogP contribution in [-0.2, 0) is 11.8 Å². The van der Waals surface area contributed by atoms with Crippen LogP contribution in [0.4, 0.5) is 23.2 Å². The molecule has 0 aromatic heterocycles. The fraction of sp³-hybridized carbons (Fsp3) is 0.480. The number of halogens is 4. The summed E-state index contributed by atoms with van der Waals surface area (Å²) in [6.07, 6.45) is -2.91. The van der Waals surface area contributed by atoms with Gasteiger partial charge in [0.1, 0.15) is 5.82 Å². The number of piperidine rings is 1. The van der Waals surface area contributed by atoms with Crippen LogP contribution in [0.3, 0.4) is 0 Å². The smallest absolute Gasteiger partial charge is 0.385 e. The third kappa shape index (κ3) is 6.54.